The SMILES string of the molecule is Cc1ccc(OCC(=O)O)cc1C. The molecule has 0 heterocycles. The van der Waals surface area contributed by atoms with Crippen molar-refractivity contribution >= 4 is 5.97 Å². The fourth-order valence-corrected chi connectivity index (χ4v) is 0.949. The van der Waals surface area contributed by atoms with Gasteiger partial charge in [-0.2, -0.15) is 0 Å². The van der Waals surface area contributed by atoms with E-state index in [2.05, 4.69) is 0 Å². The Hall–Kier alpha value is -1.51. The molecule has 0 radical (unpaired) electrons. The van der Waals surface area contributed by atoms with Crippen LogP contribution >= 0.6 is 0 Å². The van der Waals surface area contributed by atoms with Gasteiger partial charge in [0.05, 0.1) is 0 Å². The molecule has 70 valence electrons. The lowest BCUT2D eigenvalue weighted by Crippen LogP contribution is -2.09. The number of carboxylic acids is 1. The highest BCUT2D eigenvalue weighted by molar-refractivity contribution is 5.68. The fourth-order valence-electron chi connectivity index (χ4n) is 0.949. The van der Waals surface area contributed by atoms with Crippen molar-refractivity contribution in [2.24, 2.45) is 0 Å². The summed E-state index contributed by atoms with van der Waals surface area (Å²) in [6, 6.07) is 5.51. The smallest absolute Gasteiger partial charge is 0.341 e. The Kier molecular flexibility index (Phi) is 2.90. The summed E-state index contributed by atoms with van der Waals surface area (Å²) in [6.07, 6.45) is 0. The van der Waals surface area contributed by atoms with Crippen LogP contribution in [0, 0.1) is 13.8 Å². The molecule has 0 aliphatic carbocycles. The van der Waals surface area contributed by atoms with E-state index in [9.17, 15) is 4.79 Å². The van der Waals surface area contributed by atoms with Crippen molar-refractivity contribution < 1.29 is 14.6 Å². The summed E-state index contributed by atoms with van der Waals surface area (Å²) in [5, 5.41) is 8.37. The third-order valence-electron chi connectivity index (χ3n) is 1.84. The van der Waals surface area contributed by atoms with Crippen LogP contribution in [0.15, 0.2) is 18.2 Å². The van der Waals surface area contributed by atoms with Gasteiger partial charge in [-0.1, -0.05) is 6.07 Å². The van der Waals surface area contributed by atoms with Gasteiger partial charge in [-0.3, -0.25) is 0 Å². The van der Waals surface area contributed by atoms with Gasteiger partial charge in [-0.25, -0.2) is 4.79 Å². The van der Waals surface area contributed by atoms with Gasteiger partial charge in [0.25, 0.3) is 0 Å². The summed E-state index contributed by atoms with van der Waals surface area (Å²) in [4.78, 5) is 10.2. The van der Waals surface area contributed by atoms with Crippen LogP contribution in [0.1, 0.15) is 11.1 Å². The lowest BCUT2D eigenvalue weighted by atomic mass is 10.1. The maximum Gasteiger partial charge on any atom is 0.341 e. The maximum atomic E-state index is 10.2. The largest absolute Gasteiger partial charge is 0.482 e. The third-order valence-corrected chi connectivity index (χ3v) is 1.84. The van der Waals surface area contributed by atoms with E-state index in [1.807, 2.05) is 26.0 Å². The van der Waals surface area contributed by atoms with E-state index in [1.54, 1.807) is 6.07 Å². The van der Waals surface area contributed by atoms with E-state index < -0.39 is 5.97 Å². The first kappa shape index (κ1) is 9.58. The van der Waals surface area contributed by atoms with E-state index >= 15 is 0 Å². The summed E-state index contributed by atoms with van der Waals surface area (Å²) in [7, 11) is 0. The van der Waals surface area contributed by atoms with Crippen molar-refractivity contribution in [1.82, 2.24) is 0 Å². The molecule has 1 N–H and O–H groups in total. The van der Waals surface area contributed by atoms with E-state index in [1.165, 1.54) is 5.56 Å². The van der Waals surface area contributed by atoms with E-state index in [-0.39, 0.29) is 6.61 Å². The molecular formula is C10H12O3. The van der Waals surface area contributed by atoms with Gasteiger partial charge in [-0.15, -0.1) is 0 Å². The highest BCUT2D eigenvalue weighted by atomic mass is 16.5. The number of carboxylic acid groups (broad SMARTS) is 1. The van der Waals surface area contributed by atoms with E-state index in [0.717, 1.165) is 5.56 Å². The highest BCUT2D eigenvalue weighted by Gasteiger charge is 2.00. The molecule has 13 heavy (non-hydrogen) atoms. The van der Waals surface area contributed by atoms with Crippen LogP contribution in [0.25, 0.3) is 0 Å². The van der Waals surface area contributed by atoms with Crippen molar-refractivity contribution in [2.45, 2.75) is 13.8 Å². The molecule has 0 saturated heterocycles. The molecule has 0 spiro atoms. The molecule has 0 fully saturated rings. The molecule has 0 aliphatic rings. The average molecular weight is 180 g/mol. The van der Waals surface area contributed by atoms with Crippen molar-refractivity contribution in [1.29, 1.82) is 0 Å². The minimum absolute atomic E-state index is 0.289. The second-order valence-electron chi connectivity index (χ2n) is 2.93. The monoisotopic (exact) mass is 180 g/mol. The van der Waals surface area contributed by atoms with Gasteiger partial charge in [0.2, 0.25) is 0 Å². The number of hydrogen-bond donors (Lipinski definition) is 1. The number of aryl methyl sites for hydroxylation is 2. The summed E-state index contributed by atoms with van der Waals surface area (Å²) >= 11 is 0. The first-order chi connectivity index (χ1) is 6.09. The number of ether oxygens (including phenoxy) is 1. The zero-order valence-corrected chi connectivity index (χ0v) is 7.70. The Morgan fingerprint density at radius 2 is 2.08 bits per heavy atom. The molecule has 0 atom stereocenters. The van der Waals surface area contributed by atoms with Crippen LogP contribution in [0.5, 0.6) is 5.75 Å². The van der Waals surface area contributed by atoms with Crippen LogP contribution in [0.4, 0.5) is 0 Å². The third kappa shape index (κ3) is 2.78. The van der Waals surface area contributed by atoms with Gasteiger partial charge in [-0.05, 0) is 37.1 Å². The predicted molar refractivity (Wildman–Crippen MR) is 49.0 cm³/mol. The minimum Gasteiger partial charge on any atom is -0.482 e. The van der Waals surface area contributed by atoms with Crippen molar-refractivity contribution in [3.05, 3.63) is 29.3 Å². The van der Waals surface area contributed by atoms with Gasteiger partial charge < -0.3 is 9.84 Å². The lowest BCUT2D eigenvalue weighted by Gasteiger charge is -2.05. The van der Waals surface area contributed by atoms with Crippen LogP contribution in [0.2, 0.25) is 0 Å². The fraction of sp³-hybridized carbons (Fsp3) is 0.300. The van der Waals surface area contributed by atoms with Crippen LogP contribution < -0.4 is 4.74 Å². The summed E-state index contributed by atoms with van der Waals surface area (Å²) < 4.78 is 5.00. The molecule has 0 aromatic heterocycles. The van der Waals surface area contributed by atoms with Crippen molar-refractivity contribution in [3.8, 4) is 5.75 Å². The predicted octanol–water partition coefficient (Wildman–Crippen LogP) is 1.77. The number of rotatable bonds is 3. The topological polar surface area (TPSA) is 46.5 Å². The number of benzene rings is 1. The minimum atomic E-state index is -0.960. The zero-order valence-electron chi connectivity index (χ0n) is 7.70. The van der Waals surface area contributed by atoms with E-state index in [0.29, 0.717) is 5.75 Å². The first-order valence-electron chi connectivity index (χ1n) is 4.01. The van der Waals surface area contributed by atoms with Crippen molar-refractivity contribution in [3.63, 3.8) is 0 Å². The zero-order chi connectivity index (χ0) is 9.84. The molecule has 3 nitrogen and oxygen atoms in total. The molecule has 0 saturated carbocycles. The molecule has 1 aromatic rings. The van der Waals surface area contributed by atoms with Crippen LogP contribution in [-0.2, 0) is 4.79 Å². The molecule has 1 aromatic carbocycles. The quantitative estimate of drug-likeness (QED) is 0.771. The van der Waals surface area contributed by atoms with Crippen LogP contribution in [0.3, 0.4) is 0 Å². The number of aliphatic carboxylic acids is 1. The molecule has 1 rings (SSSR count). The van der Waals surface area contributed by atoms with Gasteiger partial charge >= 0.3 is 5.97 Å². The summed E-state index contributed by atoms with van der Waals surface area (Å²) in [5.74, 6) is -0.358. The lowest BCUT2D eigenvalue weighted by molar-refractivity contribution is -0.139. The Morgan fingerprint density at radius 3 is 2.62 bits per heavy atom. The second-order valence-corrected chi connectivity index (χ2v) is 2.93. The van der Waals surface area contributed by atoms with Crippen molar-refractivity contribution in [2.75, 3.05) is 6.61 Å². The summed E-state index contributed by atoms with van der Waals surface area (Å²) in [6.45, 7) is 3.67. The van der Waals surface area contributed by atoms with Gasteiger partial charge in [0.15, 0.2) is 6.61 Å². The maximum absolute atomic E-state index is 10.2. The molecule has 0 unspecified atom stereocenters. The van der Waals surface area contributed by atoms with Crippen LogP contribution in [-0.4, -0.2) is 17.7 Å². The normalized spacial score (nSPS) is 9.69. The Bertz CT molecular complexity index is 318. The molecular weight excluding hydrogens is 168 g/mol. The Morgan fingerprint density at radius 1 is 1.38 bits per heavy atom. The Balaban J connectivity index is 2.68. The first-order valence-corrected chi connectivity index (χ1v) is 4.01. The standard InChI is InChI=1S/C10H12O3/c1-7-3-4-9(5-8(7)2)13-6-10(11)12/h3-5H,6H2,1-2H3,(H,11,12). The summed E-state index contributed by atoms with van der Waals surface area (Å²) in [5.41, 5.74) is 2.27. The Labute approximate surface area is 77.0 Å². The second kappa shape index (κ2) is 3.94. The number of carbonyl (C=O) groups is 1. The molecule has 0 bridgehead atoms. The molecule has 0 aliphatic heterocycles. The van der Waals surface area contributed by atoms with Gasteiger partial charge in [0, 0.05) is 0 Å². The molecule has 0 amide bonds. The highest BCUT2D eigenvalue weighted by Crippen LogP contribution is 2.15. The molecule has 3 heteroatoms. The van der Waals surface area contributed by atoms with E-state index in [4.69, 9.17) is 9.84 Å². The van der Waals surface area contributed by atoms with Gasteiger partial charge in [0.1, 0.15) is 5.75 Å². The number of hydrogen-bond acceptors (Lipinski definition) is 2. The average Bonchev–Trinajstić information content (AvgIpc) is 2.07.